The van der Waals surface area contributed by atoms with Gasteiger partial charge in [-0.3, -0.25) is 0 Å². The van der Waals surface area contributed by atoms with E-state index in [1.165, 1.54) is 5.56 Å². The molecule has 1 fully saturated rings. The molecule has 0 bridgehead atoms. The van der Waals surface area contributed by atoms with Crippen molar-refractivity contribution in [3.8, 4) is 5.75 Å². The maximum atomic E-state index is 9.46. The van der Waals surface area contributed by atoms with E-state index in [2.05, 4.69) is 30.4 Å². The van der Waals surface area contributed by atoms with Gasteiger partial charge in [0.15, 0.2) is 0 Å². The van der Waals surface area contributed by atoms with Gasteiger partial charge in [0.05, 0.1) is 7.11 Å². The highest BCUT2D eigenvalue weighted by atomic mass is 16.5. The molecule has 3 nitrogen and oxygen atoms in total. The molecule has 2 N–H and O–H groups in total. The zero-order chi connectivity index (χ0) is 12.3. The number of nitrogens with one attached hydrogen (secondary N) is 1. The van der Waals surface area contributed by atoms with Crippen LogP contribution in [0.3, 0.4) is 0 Å². The second-order valence-corrected chi connectivity index (χ2v) is 4.76. The number of piperidine rings is 1. The minimum atomic E-state index is 0.212. The highest BCUT2D eigenvalue weighted by molar-refractivity contribution is 5.39. The molecule has 17 heavy (non-hydrogen) atoms. The van der Waals surface area contributed by atoms with Crippen LogP contribution in [0.5, 0.6) is 5.75 Å². The first-order chi connectivity index (χ1) is 8.26. The van der Waals surface area contributed by atoms with Gasteiger partial charge in [-0.2, -0.15) is 0 Å². The Balaban J connectivity index is 2.30. The lowest BCUT2D eigenvalue weighted by Crippen LogP contribution is -2.36. The second kappa shape index (κ2) is 5.52. The van der Waals surface area contributed by atoms with E-state index >= 15 is 0 Å². The van der Waals surface area contributed by atoms with E-state index in [9.17, 15) is 5.11 Å². The summed E-state index contributed by atoms with van der Waals surface area (Å²) in [5, 5.41) is 13.0. The molecule has 2 atom stereocenters. The molecule has 1 aromatic rings. The molecule has 0 spiro atoms. The van der Waals surface area contributed by atoms with Crippen LogP contribution in [0.4, 0.5) is 0 Å². The fraction of sp³-hybridized carbons (Fsp3) is 0.571. The number of hydrogen-bond donors (Lipinski definition) is 2. The molecule has 0 saturated carbocycles. The quantitative estimate of drug-likeness (QED) is 0.842. The predicted octanol–water partition coefficient (Wildman–Crippen LogP) is 2.04. The Morgan fingerprint density at radius 2 is 2.29 bits per heavy atom. The van der Waals surface area contributed by atoms with Crippen LogP contribution in [0.2, 0.25) is 0 Å². The highest BCUT2D eigenvalue weighted by Gasteiger charge is 2.27. The summed E-state index contributed by atoms with van der Waals surface area (Å²) in [6.07, 6.45) is 2.21. The van der Waals surface area contributed by atoms with E-state index in [0.29, 0.717) is 5.92 Å². The molecular formula is C14H21NO2. The van der Waals surface area contributed by atoms with E-state index in [1.54, 1.807) is 7.11 Å². The van der Waals surface area contributed by atoms with Crippen molar-refractivity contribution in [3.63, 3.8) is 0 Å². The second-order valence-electron chi connectivity index (χ2n) is 4.76. The number of hydrogen-bond acceptors (Lipinski definition) is 3. The summed E-state index contributed by atoms with van der Waals surface area (Å²) in [5.74, 6) is 1.21. The molecule has 94 valence electrons. The van der Waals surface area contributed by atoms with Crippen LogP contribution in [-0.2, 0) is 0 Å². The molecule has 1 aliphatic heterocycles. The van der Waals surface area contributed by atoms with Crippen molar-refractivity contribution in [2.75, 3.05) is 20.3 Å². The average molecular weight is 235 g/mol. The molecule has 0 radical (unpaired) electrons. The van der Waals surface area contributed by atoms with E-state index in [-0.39, 0.29) is 12.6 Å². The van der Waals surface area contributed by atoms with Gasteiger partial charge in [-0.25, -0.2) is 0 Å². The van der Waals surface area contributed by atoms with Crippen LogP contribution in [-0.4, -0.2) is 25.4 Å². The lowest BCUT2D eigenvalue weighted by Gasteiger charge is -2.32. The Hall–Kier alpha value is -1.06. The molecule has 0 aromatic heterocycles. The molecule has 0 aliphatic carbocycles. The maximum absolute atomic E-state index is 9.46. The molecule has 0 amide bonds. The lowest BCUT2D eigenvalue weighted by molar-refractivity contribution is 0.158. The molecule has 2 unspecified atom stereocenters. The van der Waals surface area contributed by atoms with Crippen molar-refractivity contribution in [1.82, 2.24) is 5.32 Å². The molecule has 1 heterocycles. The van der Waals surface area contributed by atoms with Gasteiger partial charge in [-0.05, 0) is 37.9 Å². The number of aliphatic hydroxyl groups excluding tert-OH is 1. The summed E-state index contributed by atoms with van der Waals surface area (Å²) in [7, 11) is 1.70. The number of ether oxygens (including phenoxy) is 1. The van der Waals surface area contributed by atoms with Crippen molar-refractivity contribution in [1.29, 1.82) is 0 Å². The van der Waals surface area contributed by atoms with E-state index in [0.717, 1.165) is 30.7 Å². The summed E-state index contributed by atoms with van der Waals surface area (Å²) in [6.45, 7) is 3.30. The van der Waals surface area contributed by atoms with E-state index in [1.807, 2.05) is 0 Å². The Bertz CT molecular complexity index is 378. The van der Waals surface area contributed by atoms with Gasteiger partial charge in [-0.1, -0.05) is 12.1 Å². The first kappa shape index (κ1) is 12.4. The standard InChI is InChI=1S/C14H21NO2/c1-10-5-6-12(13(8-10)17-2)14-11(9-16)4-3-7-15-14/h5-6,8,11,14-16H,3-4,7,9H2,1-2H3. The molecule has 1 aromatic carbocycles. The summed E-state index contributed by atoms with van der Waals surface area (Å²) in [5.41, 5.74) is 2.36. The lowest BCUT2D eigenvalue weighted by atomic mass is 9.86. The minimum absolute atomic E-state index is 0.212. The fourth-order valence-electron chi connectivity index (χ4n) is 2.59. The number of aryl methyl sites for hydroxylation is 1. The number of aliphatic hydroxyl groups is 1. The monoisotopic (exact) mass is 235 g/mol. The molecule has 3 heteroatoms. The van der Waals surface area contributed by atoms with Gasteiger partial charge in [-0.15, -0.1) is 0 Å². The minimum Gasteiger partial charge on any atom is -0.496 e. The van der Waals surface area contributed by atoms with Crippen molar-refractivity contribution < 1.29 is 9.84 Å². The Morgan fingerprint density at radius 3 is 3.00 bits per heavy atom. The van der Waals surface area contributed by atoms with Gasteiger partial charge >= 0.3 is 0 Å². The Labute approximate surface area is 103 Å². The predicted molar refractivity (Wildman–Crippen MR) is 68.3 cm³/mol. The van der Waals surface area contributed by atoms with E-state index < -0.39 is 0 Å². The van der Waals surface area contributed by atoms with Gasteiger partial charge in [0.1, 0.15) is 5.75 Å². The third-order valence-corrected chi connectivity index (χ3v) is 3.55. The van der Waals surface area contributed by atoms with Gasteiger partial charge in [0.2, 0.25) is 0 Å². The normalized spacial score (nSPS) is 24.6. The third-order valence-electron chi connectivity index (χ3n) is 3.55. The average Bonchev–Trinajstić information content (AvgIpc) is 2.38. The summed E-state index contributed by atoms with van der Waals surface area (Å²) < 4.78 is 5.45. The largest absolute Gasteiger partial charge is 0.496 e. The zero-order valence-electron chi connectivity index (χ0n) is 10.6. The summed E-state index contributed by atoms with van der Waals surface area (Å²) in [6, 6.07) is 6.48. The van der Waals surface area contributed by atoms with Crippen LogP contribution in [0.25, 0.3) is 0 Å². The van der Waals surface area contributed by atoms with Crippen LogP contribution in [0, 0.1) is 12.8 Å². The molecule has 1 saturated heterocycles. The van der Waals surface area contributed by atoms with Crippen LogP contribution < -0.4 is 10.1 Å². The third kappa shape index (κ3) is 2.61. The zero-order valence-corrected chi connectivity index (χ0v) is 10.6. The maximum Gasteiger partial charge on any atom is 0.123 e. The topological polar surface area (TPSA) is 41.5 Å². The van der Waals surface area contributed by atoms with Gasteiger partial charge in [0.25, 0.3) is 0 Å². The van der Waals surface area contributed by atoms with Crippen LogP contribution in [0.1, 0.15) is 30.0 Å². The van der Waals surface area contributed by atoms with Crippen molar-refractivity contribution >= 4 is 0 Å². The van der Waals surface area contributed by atoms with Gasteiger partial charge < -0.3 is 15.2 Å². The summed E-state index contributed by atoms with van der Waals surface area (Å²) >= 11 is 0. The van der Waals surface area contributed by atoms with Crippen molar-refractivity contribution in [3.05, 3.63) is 29.3 Å². The SMILES string of the molecule is COc1cc(C)ccc1C1NCCCC1CO. The first-order valence-electron chi connectivity index (χ1n) is 6.25. The number of methoxy groups -OCH3 is 1. The first-order valence-corrected chi connectivity index (χ1v) is 6.25. The summed E-state index contributed by atoms with van der Waals surface area (Å²) in [4.78, 5) is 0. The van der Waals surface area contributed by atoms with Gasteiger partial charge in [0, 0.05) is 24.1 Å². The fourth-order valence-corrected chi connectivity index (χ4v) is 2.59. The number of rotatable bonds is 3. The van der Waals surface area contributed by atoms with E-state index in [4.69, 9.17) is 4.74 Å². The Morgan fingerprint density at radius 1 is 1.47 bits per heavy atom. The van der Waals surface area contributed by atoms with Crippen LogP contribution >= 0.6 is 0 Å². The highest BCUT2D eigenvalue weighted by Crippen LogP contribution is 2.34. The van der Waals surface area contributed by atoms with Crippen molar-refractivity contribution in [2.45, 2.75) is 25.8 Å². The van der Waals surface area contributed by atoms with Crippen LogP contribution in [0.15, 0.2) is 18.2 Å². The number of benzene rings is 1. The smallest absolute Gasteiger partial charge is 0.123 e. The molecular weight excluding hydrogens is 214 g/mol. The molecule has 1 aliphatic rings. The molecule has 2 rings (SSSR count). The Kier molecular flexibility index (Phi) is 4.02. The van der Waals surface area contributed by atoms with Crippen molar-refractivity contribution in [2.24, 2.45) is 5.92 Å².